The van der Waals surface area contributed by atoms with Gasteiger partial charge in [-0.2, -0.15) is 5.26 Å². The highest BCUT2D eigenvalue weighted by Gasteiger charge is 2.24. The lowest BCUT2D eigenvalue weighted by Crippen LogP contribution is -1.99. The van der Waals surface area contributed by atoms with E-state index < -0.39 is 0 Å². The van der Waals surface area contributed by atoms with Crippen LogP contribution in [0.5, 0.6) is 5.75 Å². The van der Waals surface area contributed by atoms with E-state index in [1.807, 2.05) is 24.3 Å². The van der Waals surface area contributed by atoms with Gasteiger partial charge in [-0.1, -0.05) is 12.1 Å². The fourth-order valence-electron chi connectivity index (χ4n) is 1.42. The number of benzene rings is 1. The van der Waals surface area contributed by atoms with Crippen molar-refractivity contribution in [3.8, 4) is 11.8 Å². The Bertz CT molecular complexity index is 413. The third kappa shape index (κ3) is 2.38. The summed E-state index contributed by atoms with van der Waals surface area (Å²) in [7, 11) is 0. The molecule has 1 saturated carbocycles. The number of hydrogen-bond acceptors (Lipinski definition) is 2. The smallest absolute Gasteiger partial charge is 0.137 e. The van der Waals surface area contributed by atoms with Gasteiger partial charge in [0.15, 0.2) is 0 Å². The molecule has 1 aliphatic rings. The molecule has 0 aromatic heterocycles. The first kappa shape index (κ1) is 9.79. The first-order chi connectivity index (χ1) is 7.33. The Kier molecular flexibility index (Phi) is 2.73. The summed E-state index contributed by atoms with van der Waals surface area (Å²) in [5, 5.41) is 8.92. The highest BCUT2D eigenvalue weighted by molar-refractivity contribution is 5.46. The van der Waals surface area contributed by atoms with Crippen LogP contribution in [0.15, 0.2) is 30.9 Å². The van der Waals surface area contributed by atoms with E-state index in [1.165, 1.54) is 0 Å². The summed E-state index contributed by atoms with van der Waals surface area (Å²) in [5.41, 5.74) is 1.76. The molecule has 1 aromatic carbocycles. The molecular weight excluding hydrogens is 186 g/mol. The first-order valence-corrected chi connectivity index (χ1v) is 5.14. The van der Waals surface area contributed by atoms with Crippen LogP contribution in [0.25, 0.3) is 0 Å². The maximum absolute atomic E-state index is 8.92. The van der Waals surface area contributed by atoms with Crippen molar-refractivity contribution >= 4 is 0 Å². The number of ether oxygens (including phenoxy) is 1. The second-order valence-electron chi connectivity index (χ2n) is 3.75. The molecule has 2 rings (SSSR count). The van der Waals surface area contributed by atoms with E-state index >= 15 is 0 Å². The molecule has 2 heteroatoms. The van der Waals surface area contributed by atoms with E-state index in [1.54, 1.807) is 0 Å². The molecular formula is C13H13NO. The minimum absolute atomic E-state index is 0.330. The van der Waals surface area contributed by atoms with Crippen LogP contribution in [0.3, 0.4) is 0 Å². The molecule has 15 heavy (non-hydrogen) atoms. The molecule has 0 unspecified atom stereocenters. The molecule has 0 radical (unpaired) electrons. The van der Waals surface area contributed by atoms with Crippen LogP contribution in [0, 0.1) is 11.3 Å². The van der Waals surface area contributed by atoms with Gasteiger partial charge in [-0.25, -0.2) is 0 Å². The lowest BCUT2D eigenvalue weighted by molar-refractivity contribution is 0.302. The van der Waals surface area contributed by atoms with Gasteiger partial charge in [-0.15, -0.1) is 6.58 Å². The molecule has 0 saturated heterocycles. The van der Waals surface area contributed by atoms with E-state index in [0.717, 1.165) is 30.6 Å². The molecule has 76 valence electrons. The summed E-state index contributed by atoms with van der Waals surface area (Å²) in [6.45, 7) is 3.70. The molecule has 0 bridgehead atoms. The predicted molar refractivity (Wildman–Crippen MR) is 58.7 cm³/mol. The van der Waals surface area contributed by atoms with Crippen molar-refractivity contribution in [1.82, 2.24) is 0 Å². The zero-order valence-electron chi connectivity index (χ0n) is 8.57. The molecule has 0 amide bonds. The molecule has 1 aromatic rings. The van der Waals surface area contributed by atoms with Gasteiger partial charge in [0.2, 0.25) is 0 Å². The third-order valence-corrected chi connectivity index (χ3v) is 2.36. The number of allylic oxidation sites excluding steroid dienone is 1. The van der Waals surface area contributed by atoms with Crippen LogP contribution in [0.2, 0.25) is 0 Å². The molecule has 0 atom stereocenters. The summed E-state index contributed by atoms with van der Waals surface area (Å²) in [4.78, 5) is 0. The monoisotopic (exact) mass is 199 g/mol. The predicted octanol–water partition coefficient (Wildman–Crippen LogP) is 2.83. The van der Waals surface area contributed by atoms with Crippen LogP contribution in [-0.4, -0.2) is 6.10 Å². The Morgan fingerprint density at radius 3 is 2.93 bits per heavy atom. The highest BCUT2D eigenvalue weighted by atomic mass is 16.5. The van der Waals surface area contributed by atoms with Crippen molar-refractivity contribution in [2.24, 2.45) is 0 Å². The minimum atomic E-state index is 0.330. The molecule has 2 nitrogen and oxygen atoms in total. The standard InChI is InChI=1S/C13H13NO/c1-2-3-10-4-5-11(9-14)13(8-10)15-12-6-7-12/h2,4-5,8,12H,1,3,6-7H2. The Balaban J connectivity index is 2.25. The molecule has 1 fully saturated rings. The van der Waals surface area contributed by atoms with Gasteiger partial charge in [0, 0.05) is 0 Å². The number of nitriles is 1. The van der Waals surface area contributed by atoms with Crippen molar-refractivity contribution in [2.75, 3.05) is 0 Å². The van der Waals surface area contributed by atoms with E-state index in [-0.39, 0.29) is 0 Å². The van der Waals surface area contributed by atoms with Crippen molar-refractivity contribution in [3.63, 3.8) is 0 Å². The van der Waals surface area contributed by atoms with Gasteiger partial charge in [0.1, 0.15) is 11.8 Å². The molecule has 0 heterocycles. The van der Waals surface area contributed by atoms with E-state index in [9.17, 15) is 0 Å². The van der Waals surface area contributed by atoms with Gasteiger partial charge in [-0.05, 0) is 37.0 Å². The Labute approximate surface area is 89.8 Å². The van der Waals surface area contributed by atoms with Crippen molar-refractivity contribution in [2.45, 2.75) is 25.4 Å². The topological polar surface area (TPSA) is 33.0 Å². The summed E-state index contributed by atoms with van der Waals surface area (Å²) < 4.78 is 5.68. The Morgan fingerprint density at radius 1 is 1.53 bits per heavy atom. The van der Waals surface area contributed by atoms with E-state index in [4.69, 9.17) is 10.00 Å². The lowest BCUT2D eigenvalue weighted by Gasteiger charge is -2.07. The van der Waals surface area contributed by atoms with Crippen LogP contribution in [-0.2, 0) is 6.42 Å². The average Bonchev–Trinajstić information content (AvgIpc) is 3.03. The van der Waals surface area contributed by atoms with Crippen molar-refractivity contribution in [1.29, 1.82) is 5.26 Å². The van der Waals surface area contributed by atoms with Gasteiger partial charge in [0.05, 0.1) is 11.7 Å². The second kappa shape index (κ2) is 4.18. The van der Waals surface area contributed by atoms with Gasteiger partial charge < -0.3 is 4.74 Å². The van der Waals surface area contributed by atoms with Crippen LogP contribution >= 0.6 is 0 Å². The fourth-order valence-corrected chi connectivity index (χ4v) is 1.42. The number of hydrogen-bond donors (Lipinski definition) is 0. The molecule has 0 spiro atoms. The lowest BCUT2D eigenvalue weighted by atomic mass is 10.1. The largest absolute Gasteiger partial charge is 0.489 e. The second-order valence-corrected chi connectivity index (χ2v) is 3.75. The van der Waals surface area contributed by atoms with Crippen molar-refractivity contribution < 1.29 is 4.74 Å². The zero-order valence-corrected chi connectivity index (χ0v) is 8.57. The summed E-state index contributed by atoms with van der Waals surface area (Å²) in [6, 6.07) is 7.85. The third-order valence-electron chi connectivity index (χ3n) is 2.36. The molecule has 0 N–H and O–H groups in total. The number of nitrogens with zero attached hydrogens (tertiary/aromatic N) is 1. The quantitative estimate of drug-likeness (QED) is 0.698. The fraction of sp³-hybridized carbons (Fsp3) is 0.308. The molecule has 0 aliphatic heterocycles. The van der Waals surface area contributed by atoms with Crippen molar-refractivity contribution in [3.05, 3.63) is 42.0 Å². The minimum Gasteiger partial charge on any atom is -0.489 e. The summed E-state index contributed by atoms with van der Waals surface area (Å²) in [5.74, 6) is 0.722. The summed E-state index contributed by atoms with van der Waals surface area (Å²) >= 11 is 0. The maximum atomic E-state index is 8.92. The molecule has 1 aliphatic carbocycles. The van der Waals surface area contributed by atoms with Crippen LogP contribution < -0.4 is 4.74 Å². The number of rotatable bonds is 4. The highest BCUT2D eigenvalue weighted by Crippen LogP contribution is 2.29. The SMILES string of the molecule is C=CCc1ccc(C#N)c(OC2CC2)c1. The normalized spacial score (nSPS) is 14.3. The van der Waals surface area contributed by atoms with E-state index in [2.05, 4.69) is 12.6 Å². The van der Waals surface area contributed by atoms with Crippen LogP contribution in [0.4, 0.5) is 0 Å². The van der Waals surface area contributed by atoms with Gasteiger partial charge in [0.25, 0.3) is 0 Å². The average molecular weight is 199 g/mol. The van der Waals surface area contributed by atoms with Gasteiger partial charge in [-0.3, -0.25) is 0 Å². The zero-order chi connectivity index (χ0) is 10.7. The Morgan fingerprint density at radius 2 is 2.33 bits per heavy atom. The van der Waals surface area contributed by atoms with Crippen LogP contribution in [0.1, 0.15) is 24.0 Å². The maximum Gasteiger partial charge on any atom is 0.137 e. The summed E-state index contributed by atoms with van der Waals surface area (Å²) in [6.07, 6.45) is 5.21. The Hall–Kier alpha value is -1.75. The first-order valence-electron chi connectivity index (χ1n) is 5.14. The van der Waals surface area contributed by atoms with E-state index in [0.29, 0.717) is 11.7 Å². The van der Waals surface area contributed by atoms with Gasteiger partial charge >= 0.3 is 0 Å².